The monoisotopic (exact) mass is 467 g/mol. The molecule has 0 heterocycles. The van der Waals surface area contributed by atoms with Crippen molar-refractivity contribution in [2.75, 3.05) is 25.6 Å². The molecule has 0 fully saturated rings. The second-order valence-corrected chi connectivity index (χ2v) is 6.64. The first-order valence-electron chi connectivity index (χ1n) is 8.16. The lowest BCUT2D eigenvalue weighted by Gasteiger charge is -2.11. The molecule has 2 rings (SSSR count). The van der Waals surface area contributed by atoms with Crippen LogP contribution in [-0.4, -0.2) is 32.4 Å². The predicted molar refractivity (Wildman–Crippen MR) is 112 cm³/mol. The van der Waals surface area contributed by atoms with Gasteiger partial charge in [0.05, 0.1) is 30.0 Å². The molecule has 0 aliphatic carbocycles. The maximum absolute atomic E-state index is 11.9. The third-order valence-corrected chi connectivity index (χ3v) is 4.24. The van der Waals surface area contributed by atoms with Crippen LogP contribution in [0.5, 0.6) is 11.5 Å². The lowest BCUT2D eigenvalue weighted by Crippen LogP contribution is -2.25. The molecule has 0 aliphatic heterocycles. The number of rotatable bonds is 8. The topological polar surface area (TPSA) is 72.0 Å². The number of anilines is 1. The number of hydrogen-bond acceptors (Lipinski definition) is 5. The second kappa shape index (κ2) is 10.0. The molecule has 1 amide bonds. The number of halogens is 1. The Bertz CT molecular complexity index is 776. The molecule has 0 unspecified atom stereocenters. The normalized spacial score (nSPS) is 10.6. The molecule has 0 aromatic heterocycles. The van der Waals surface area contributed by atoms with E-state index in [1.165, 1.54) is 5.56 Å². The number of carbonyl (C=O) groups excluding carboxylic acids is 1. The highest BCUT2D eigenvalue weighted by molar-refractivity contribution is 14.1. The van der Waals surface area contributed by atoms with Gasteiger partial charge in [-0.1, -0.05) is 17.7 Å². The molecule has 0 saturated carbocycles. The van der Waals surface area contributed by atoms with Gasteiger partial charge in [0.2, 0.25) is 0 Å². The molecule has 0 bridgehead atoms. The highest BCUT2D eigenvalue weighted by Gasteiger charge is 2.10. The summed E-state index contributed by atoms with van der Waals surface area (Å²) in [6, 6.07) is 11.6. The van der Waals surface area contributed by atoms with Crippen LogP contribution in [0.1, 0.15) is 18.1 Å². The Morgan fingerprint density at radius 1 is 1.27 bits per heavy atom. The van der Waals surface area contributed by atoms with Gasteiger partial charge in [-0.3, -0.25) is 4.79 Å². The van der Waals surface area contributed by atoms with Crippen molar-refractivity contribution in [1.82, 2.24) is 5.43 Å². The fraction of sp³-hybridized carbons (Fsp3) is 0.263. The zero-order valence-corrected chi connectivity index (χ0v) is 17.2. The van der Waals surface area contributed by atoms with E-state index >= 15 is 0 Å². The number of aryl methyl sites for hydroxylation is 1. The number of nitrogens with zero attached hydrogens (tertiary/aromatic N) is 1. The molecule has 26 heavy (non-hydrogen) atoms. The lowest BCUT2D eigenvalue weighted by molar-refractivity contribution is -0.119. The standard InChI is InChI=1S/C19H22IN3O3/c1-4-26-17-10-14(9-16(20)19(17)25-3)11-22-23-18(24)12-21-15-7-5-13(2)6-8-15/h5-11,21H,4,12H2,1-3H3,(H,23,24)/b22-11-. The van der Waals surface area contributed by atoms with Crippen LogP contribution in [0, 0.1) is 10.5 Å². The van der Waals surface area contributed by atoms with Gasteiger partial charge < -0.3 is 14.8 Å². The highest BCUT2D eigenvalue weighted by atomic mass is 127. The molecule has 2 aromatic carbocycles. The molecule has 2 aromatic rings. The van der Waals surface area contributed by atoms with E-state index < -0.39 is 0 Å². The number of methoxy groups -OCH3 is 1. The van der Waals surface area contributed by atoms with Gasteiger partial charge >= 0.3 is 0 Å². The minimum Gasteiger partial charge on any atom is -0.492 e. The van der Waals surface area contributed by atoms with E-state index in [1.807, 2.05) is 50.2 Å². The highest BCUT2D eigenvalue weighted by Crippen LogP contribution is 2.33. The van der Waals surface area contributed by atoms with Gasteiger partial charge in [-0.05, 0) is 66.3 Å². The van der Waals surface area contributed by atoms with Crippen molar-refractivity contribution >= 4 is 40.4 Å². The molecule has 0 radical (unpaired) electrons. The van der Waals surface area contributed by atoms with E-state index in [-0.39, 0.29) is 12.5 Å². The first kappa shape index (κ1) is 20.0. The minimum absolute atomic E-state index is 0.144. The predicted octanol–water partition coefficient (Wildman–Crippen LogP) is 3.57. The van der Waals surface area contributed by atoms with E-state index in [4.69, 9.17) is 9.47 Å². The molecule has 0 saturated heterocycles. The van der Waals surface area contributed by atoms with Gasteiger partial charge in [0.25, 0.3) is 5.91 Å². The summed E-state index contributed by atoms with van der Waals surface area (Å²) in [5.74, 6) is 1.11. The van der Waals surface area contributed by atoms with Gasteiger partial charge in [0.1, 0.15) is 0 Å². The largest absolute Gasteiger partial charge is 0.492 e. The number of benzene rings is 2. The molecule has 2 N–H and O–H groups in total. The van der Waals surface area contributed by atoms with E-state index in [0.29, 0.717) is 18.1 Å². The average molecular weight is 467 g/mol. The average Bonchev–Trinajstić information content (AvgIpc) is 2.61. The number of amides is 1. The summed E-state index contributed by atoms with van der Waals surface area (Å²) in [6.07, 6.45) is 1.58. The Balaban J connectivity index is 1.92. The Hall–Kier alpha value is -2.29. The number of hydrazone groups is 1. The summed E-state index contributed by atoms with van der Waals surface area (Å²) in [6.45, 7) is 4.61. The Morgan fingerprint density at radius 3 is 2.65 bits per heavy atom. The lowest BCUT2D eigenvalue weighted by atomic mass is 10.2. The molecule has 0 atom stereocenters. The Labute approximate surface area is 167 Å². The minimum atomic E-state index is -0.227. The van der Waals surface area contributed by atoms with E-state index in [2.05, 4.69) is 38.4 Å². The molecule has 0 aliphatic rings. The van der Waals surface area contributed by atoms with Crippen molar-refractivity contribution in [3.05, 3.63) is 51.1 Å². The summed E-state index contributed by atoms with van der Waals surface area (Å²) in [5.41, 5.74) is 5.38. The molecule has 138 valence electrons. The smallest absolute Gasteiger partial charge is 0.259 e. The van der Waals surface area contributed by atoms with Crippen LogP contribution < -0.4 is 20.2 Å². The van der Waals surface area contributed by atoms with Crippen molar-refractivity contribution in [3.8, 4) is 11.5 Å². The van der Waals surface area contributed by atoms with Crippen molar-refractivity contribution in [2.24, 2.45) is 5.10 Å². The van der Waals surface area contributed by atoms with Crippen LogP contribution in [0.3, 0.4) is 0 Å². The van der Waals surface area contributed by atoms with Crippen LogP contribution in [-0.2, 0) is 4.79 Å². The van der Waals surface area contributed by atoms with Crippen molar-refractivity contribution in [1.29, 1.82) is 0 Å². The SMILES string of the molecule is CCOc1cc(/C=N\NC(=O)CNc2ccc(C)cc2)cc(I)c1OC. The zero-order chi connectivity index (χ0) is 18.9. The van der Waals surface area contributed by atoms with Gasteiger partial charge in [-0.2, -0.15) is 5.10 Å². The molecular formula is C19H22IN3O3. The fourth-order valence-corrected chi connectivity index (χ4v) is 3.04. The molecular weight excluding hydrogens is 445 g/mol. The first-order chi connectivity index (χ1) is 12.5. The zero-order valence-electron chi connectivity index (χ0n) is 15.0. The summed E-state index contributed by atoms with van der Waals surface area (Å²) < 4.78 is 11.8. The number of nitrogens with one attached hydrogen (secondary N) is 2. The second-order valence-electron chi connectivity index (χ2n) is 5.48. The third-order valence-electron chi connectivity index (χ3n) is 3.44. The Morgan fingerprint density at radius 2 is 2.00 bits per heavy atom. The Kier molecular flexibility index (Phi) is 7.71. The summed E-state index contributed by atoms with van der Waals surface area (Å²) in [7, 11) is 1.61. The van der Waals surface area contributed by atoms with Crippen molar-refractivity contribution < 1.29 is 14.3 Å². The fourth-order valence-electron chi connectivity index (χ4n) is 2.20. The van der Waals surface area contributed by atoms with Gasteiger partial charge in [0, 0.05) is 5.69 Å². The molecule has 6 nitrogen and oxygen atoms in total. The van der Waals surface area contributed by atoms with E-state index in [0.717, 1.165) is 14.8 Å². The third kappa shape index (κ3) is 5.91. The van der Waals surface area contributed by atoms with Crippen LogP contribution in [0.25, 0.3) is 0 Å². The maximum Gasteiger partial charge on any atom is 0.259 e. The summed E-state index contributed by atoms with van der Waals surface area (Å²) in [5, 5.41) is 7.05. The molecule has 0 spiro atoms. The van der Waals surface area contributed by atoms with E-state index in [1.54, 1.807) is 13.3 Å². The van der Waals surface area contributed by atoms with Crippen LogP contribution in [0.4, 0.5) is 5.69 Å². The quantitative estimate of drug-likeness (QED) is 0.354. The first-order valence-corrected chi connectivity index (χ1v) is 9.24. The van der Waals surface area contributed by atoms with Crippen LogP contribution in [0.2, 0.25) is 0 Å². The van der Waals surface area contributed by atoms with Crippen LogP contribution in [0.15, 0.2) is 41.5 Å². The van der Waals surface area contributed by atoms with Gasteiger partial charge in [-0.15, -0.1) is 0 Å². The summed E-state index contributed by atoms with van der Waals surface area (Å²) >= 11 is 2.17. The van der Waals surface area contributed by atoms with E-state index in [9.17, 15) is 4.79 Å². The maximum atomic E-state index is 11.9. The number of carbonyl (C=O) groups is 1. The van der Waals surface area contributed by atoms with Crippen LogP contribution >= 0.6 is 22.6 Å². The summed E-state index contributed by atoms with van der Waals surface area (Å²) in [4.78, 5) is 11.9. The number of hydrogen-bond donors (Lipinski definition) is 2. The number of ether oxygens (including phenoxy) is 2. The van der Waals surface area contributed by atoms with Crippen molar-refractivity contribution in [2.45, 2.75) is 13.8 Å². The van der Waals surface area contributed by atoms with Gasteiger partial charge in [-0.25, -0.2) is 5.43 Å². The van der Waals surface area contributed by atoms with Crippen molar-refractivity contribution in [3.63, 3.8) is 0 Å². The van der Waals surface area contributed by atoms with Gasteiger partial charge in [0.15, 0.2) is 11.5 Å². The molecule has 7 heteroatoms.